The summed E-state index contributed by atoms with van der Waals surface area (Å²) < 4.78 is 0. The van der Waals surface area contributed by atoms with E-state index in [1.165, 1.54) is 48.6 Å². The van der Waals surface area contributed by atoms with Crippen molar-refractivity contribution in [2.75, 3.05) is 0 Å². The zero-order chi connectivity index (χ0) is 42.2. The largest absolute Gasteiger partial charge is 0.247 e. The van der Waals surface area contributed by atoms with Crippen LogP contribution in [0.4, 0.5) is 0 Å². The van der Waals surface area contributed by atoms with Gasteiger partial charge in [-0.3, -0.25) is 0 Å². The number of hydrogen-bond donors (Lipinski definition) is 0. The molecule has 1 aliphatic carbocycles. The standard InChI is InChI=1S/C60H37N3S/c1-4-17-38(18-5-1)53-37-54(63-59(62-53)40-21-8-3-9-22-40)43-24-16-23-41(35-43)42-31-34-52-47(36-42)56-46(57(61-52)39-19-6-2-7-20-39)32-33-51-58(56)64-55-30-15-14-29-50(55)60(51)48-27-12-10-25-44(48)45-26-11-13-28-49(45)60/h1-37H. The fourth-order valence-electron chi connectivity index (χ4n) is 10.3. The molecule has 0 N–H and O–H groups in total. The molecule has 11 aromatic rings. The molecule has 13 rings (SSSR count). The number of fused-ring (bicyclic) bond motifs is 13. The summed E-state index contributed by atoms with van der Waals surface area (Å²) in [7, 11) is 0. The fourth-order valence-corrected chi connectivity index (χ4v) is 11.7. The Morgan fingerprint density at radius 2 is 0.906 bits per heavy atom. The summed E-state index contributed by atoms with van der Waals surface area (Å²) in [4.78, 5) is 18.3. The van der Waals surface area contributed by atoms with Gasteiger partial charge < -0.3 is 0 Å². The van der Waals surface area contributed by atoms with E-state index >= 15 is 0 Å². The van der Waals surface area contributed by atoms with Gasteiger partial charge in [-0.2, -0.15) is 0 Å². The Morgan fingerprint density at radius 1 is 0.344 bits per heavy atom. The van der Waals surface area contributed by atoms with Crippen LogP contribution in [0.3, 0.4) is 0 Å². The van der Waals surface area contributed by atoms with E-state index in [0.717, 1.165) is 66.8 Å². The van der Waals surface area contributed by atoms with Gasteiger partial charge in [0.25, 0.3) is 0 Å². The lowest BCUT2D eigenvalue weighted by atomic mass is 9.67. The molecule has 0 radical (unpaired) electrons. The van der Waals surface area contributed by atoms with Crippen molar-refractivity contribution < 1.29 is 0 Å². The summed E-state index contributed by atoms with van der Waals surface area (Å²) in [6.07, 6.45) is 0. The second-order valence-corrected chi connectivity index (χ2v) is 17.7. The van der Waals surface area contributed by atoms with E-state index in [9.17, 15) is 0 Å². The molecule has 2 aromatic heterocycles. The highest BCUT2D eigenvalue weighted by Gasteiger charge is 2.50. The monoisotopic (exact) mass is 831 g/mol. The van der Waals surface area contributed by atoms with Crippen LogP contribution in [0, 0.1) is 0 Å². The summed E-state index contributed by atoms with van der Waals surface area (Å²) >= 11 is 1.90. The highest BCUT2D eigenvalue weighted by atomic mass is 32.2. The summed E-state index contributed by atoms with van der Waals surface area (Å²) in [5, 5.41) is 3.51. The number of benzene rings is 9. The Bertz CT molecular complexity index is 3540. The van der Waals surface area contributed by atoms with Crippen LogP contribution >= 0.6 is 11.8 Å². The van der Waals surface area contributed by atoms with Gasteiger partial charge in [0, 0.05) is 48.2 Å². The van der Waals surface area contributed by atoms with E-state index in [4.69, 9.17) is 15.0 Å². The minimum absolute atomic E-state index is 0.484. The maximum absolute atomic E-state index is 5.48. The van der Waals surface area contributed by atoms with Gasteiger partial charge >= 0.3 is 0 Å². The first-order valence-electron chi connectivity index (χ1n) is 21.8. The molecule has 9 aromatic carbocycles. The van der Waals surface area contributed by atoms with Gasteiger partial charge in [-0.25, -0.2) is 15.0 Å². The molecule has 298 valence electrons. The molecule has 0 amide bonds. The second-order valence-electron chi connectivity index (χ2n) is 16.6. The van der Waals surface area contributed by atoms with Crippen molar-refractivity contribution in [3.63, 3.8) is 0 Å². The van der Waals surface area contributed by atoms with Gasteiger partial charge in [0.2, 0.25) is 0 Å². The first-order valence-corrected chi connectivity index (χ1v) is 22.6. The van der Waals surface area contributed by atoms with Crippen LogP contribution in [-0.2, 0) is 5.41 Å². The summed E-state index contributed by atoms with van der Waals surface area (Å²) in [5.74, 6) is 0.703. The fraction of sp³-hybridized carbons (Fsp3) is 0.0167. The van der Waals surface area contributed by atoms with Crippen molar-refractivity contribution in [1.29, 1.82) is 0 Å². The van der Waals surface area contributed by atoms with Gasteiger partial charge in [-0.05, 0) is 74.8 Å². The SMILES string of the molecule is c1ccc(-c2cc(-c3cccc(-c4ccc5nc(-c6ccccc6)c6ccc7c(c6c5c4)Sc4ccccc4C74c5ccccc5-c5ccccc54)c3)nc(-c3ccccc3)n2)cc1. The highest BCUT2D eigenvalue weighted by molar-refractivity contribution is 7.99. The Morgan fingerprint density at radius 3 is 1.62 bits per heavy atom. The number of hydrogen-bond acceptors (Lipinski definition) is 4. The smallest absolute Gasteiger partial charge is 0.160 e. The third-order valence-electron chi connectivity index (χ3n) is 13.1. The number of aromatic nitrogens is 3. The molecule has 0 saturated carbocycles. The van der Waals surface area contributed by atoms with Crippen molar-refractivity contribution in [2.24, 2.45) is 0 Å². The van der Waals surface area contributed by atoms with Gasteiger partial charge in [-0.15, -0.1) is 0 Å². The molecule has 1 spiro atoms. The molecule has 4 heteroatoms. The van der Waals surface area contributed by atoms with Crippen LogP contribution in [0.2, 0.25) is 0 Å². The highest BCUT2D eigenvalue weighted by Crippen LogP contribution is 2.63. The normalized spacial score (nSPS) is 13.1. The van der Waals surface area contributed by atoms with Crippen molar-refractivity contribution in [3.05, 3.63) is 247 Å². The number of rotatable bonds is 5. The van der Waals surface area contributed by atoms with Crippen molar-refractivity contribution in [3.8, 4) is 67.4 Å². The Labute approximate surface area is 375 Å². The van der Waals surface area contributed by atoms with Crippen LogP contribution in [0.15, 0.2) is 234 Å². The maximum atomic E-state index is 5.48. The van der Waals surface area contributed by atoms with Gasteiger partial charge in [0.1, 0.15) is 0 Å². The lowest BCUT2D eigenvalue weighted by Gasteiger charge is -2.40. The molecule has 0 bridgehead atoms. The second kappa shape index (κ2) is 14.6. The lowest BCUT2D eigenvalue weighted by molar-refractivity contribution is 0.726. The Hall–Kier alpha value is -7.92. The average molecular weight is 832 g/mol. The van der Waals surface area contributed by atoms with E-state index in [1.54, 1.807) is 0 Å². The Balaban J connectivity index is 1.05. The molecule has 3 nitrogen and oxygen atoms in total. The molecule has 0 fully saturated rings. The van der Waals surface area contributed by atoms with E-state index in [2.05, 4.69) is 200 Å². The van der Waals surface area contributed by atoms with Crippen molar-refractivity contribution in [1.82, 2.24) is 15.0 Å². The molecule has 2 aliphatic rings. The molecule has 1 aliphatic heterocycles. The predicted octanol–water partition coefficient (Wildman–Crippen LogP) is 15.3. The maximum Gasteiger partial charge on any atom is 0.160 e. The zero-order valence-corrected chi connectivity index (χ0v) is 35.4. The molecule has 64 heavy (non-hydrogen) atoms. The molecule has 0 unspecified atom stereocenters. The molecule has 0 saturated heterocycles. The van der Waals surface area contributed by atoms with Gasteiger partial charge in [0.05, 0.1) is 28.0 Å². The third kappa shape index (κ3) is 5.59. The molecule has 3 heterocycles. The first-order chi connectivity index (χ1) is 31.7. The lowest BCUT2D eigenvalue weighted by Crippen LogP contribution is -2.32. The number of nitrogens with zero attached hydrogens (tertiary/aromatic N) is 3. The minimum Gasteiger partial charge on any atom is -0.247 e. The van der Waals surface area contributed by atoms with Crippen LogP contribution in [0.1, 0.15) is 22.3 Å². The van der Waals surface area contributed by atoms with Crippen LogP contribution < -0.4 is 0 Å². The van der Waals surface area contributed by atoms with E-state index in [-0.39, 0.29) is 0 Å². The van der Waals surface area contributed by atoms with E-state index in [1.807, 2.05) is 36.0 Å². The van der Waals surface area contributed by atoms with E-state index in [0.29, 0.717) is 5.82 Å². The van der Waals surface area contributed by atoms with Gasteiger partial charge in [-0.1, -0.05) is 206 Å². The summed E-state index contributed by atoms with van der Waals surface area (Å²) in [6.45, 7) is 0. The van der Waals surface area contributed by atoms with Crippen molar-refractivity contribution >= 4 is 33.4 Å². The van der Waals surface area contributed by atoms with E-state index < -0.39 is 5.41 Å². The minimum atomic E-state index is -0.484. The average Bonchev–Trinajstić information content (AvgIpc) is 3.67. The topological polar surface area (TPSA) is 38.7 Å². The number of pyridine rings is 1. The third-order valence-corrected chi connectivity index (χ3v) is 14.3. The summed E-state index contributed by atoms with van der Waals surface area (Å²) in [5.41, 5.74) is 17.6. The van der Waals surface area contributed by atoms with Crippen LogP contribution in [-0.4, -0.2) is 15.0 Å². The van der Waals surface area contributed by atoms with Gasteiger partial charge in [0.15, 0.2) is 5.82 Å². The molecule has 0 atom stereocenters. The summed E-state index contributed by atoms with van der Waals surface area (Å²) in [6, 6.07) is 80.8. The Kier molecular flexibility index (Phi) is 8.37. The predicted molar refractivity (Wildman–Crippen MR) is 263 cm³/mol. The first kappa shape index (κ1) is 36.7. The zero-order valence-electron chi connectivity index (χ0n) is 34.6. The van der Waals surface area contributed by atoms with Crippen LogP contribution in [0.25, 0.3) is 89.1 Å². The molecular formula is C60H37N3S. The van der Waals surface area contributed by atoms with Crippen LogP contribution in [0.5, 0.6) is 0 Å². The quantitative estimate of drug-likeness (QED) is 0.162. The molecular weight excluding hydrogens is 795 g/mol. The van der Waals surface area contributed by atoms with Crippen molar-refractivity contribution in [2.45, 2.75) is 15.2 Å².